The molecule has 0 heterocycles. The van der Waals surface area contributed by atoms with Gasteiger partial charge in [0, 0.05) is 37.2 Å². The van der Waals surface area contributed by atoms with Gasteiger partial charge in [-0.3, -0.25) is 0 Å². The lowest BCUT2D eigenvalue weighted by molar-refractivity contribution is 0.474. The van der Waals surface area contributed by atoms with Crippen molar-refractivity contribution in [2.24, 2.45) is 0 Å². The molecule has 1 aliphatic carbocycles. The van der Waals surface area contributed by atoms with Gasteiger partial charge in [-0.25, -0.2) is 0 Å². The van der Waals surface area contributed by atoms with Gasteiger partial charge in [-0.05, 0) is 47.2 Å². The second-order valence-corrected chi connectivity index (χ2v) is 4.00. The molecule has 0 aromatic heterocycles. The summed E-state index contributed by atoms with van der Waals surface area (Å²) in [5, 5.41) is 9.44. The molecule has 2 aromatic carbocycles. The van der Waals surface area contributed by atoms with E-state index < -0.39 is 0 Å². The van der Waals surface area contributed by atoms with Crippen LogP contribution in [0.25, 0.3) is 11.1 Å². The Bertz CT molecular complexity index is 524. The van der Waals surface area contributed by atoms with Crippen LogP contribution in [0.4, 0.5) is 0 Å². The van der Waals surface area contributed by atoms with E-state index in [1.165, 1.54) is 22.3 Å². The SMILES string of the molecule is CC.CC.II.Oc1ccc2c(c1)CCc1ccccc1-2. The first kappa shape index (κ1) is 20.7. The minimum Gasteiger partial charge on any atom is -0.508 e. The molecule has 0 aliphatic heterocycles. The highest BCUT2D eigenvalue weighted by atomic mass is 128. The van der Waals surface area contributed by atoms with Crippen molar-refractivity contribution in [3.05, 3.63) is 53.6 Å². The van der Waals surface area contributed by atoms with Crippen molar-refractivity contribution in [1.29, 1.82) is 0 Å². The fraction of sp³-hybridized carbons (Fsp3) is 0.333. The summed E-state index contributed by atoms with van der Waals surface area (Å²) in [7, 11) is 0. The summed E-state index contributed by atoms with van der Waals surface area (Å²) in [6.07, 6.45) is 2.10. The van der Waals surface area contributed by atoms with Crippen LogP contribution in [0.1, 0.15) is 38.8 Å². The van der Waals surface area contributed by atoms with Crippen molar-refractivity contribution in [1.82, 2.24) is 0 Å². The zero-order valence-corrected chi connectivity index (χ0v) is 17.5. The first-order valence-corrected chi connectivity index (χ1v) is 13.7. The maximum absolute atomic E-state index is 9.44. The summed E-state index contributed by atoms with van der Waals surface area (Å²) in [5.41, 5.74) is 5.26. The summed E-state index contributed by atoms with van der Waals surface area (Å²) >= 11 is 4.24. The number of aryl methyl sites for hydroxylation is 2. The molecule has 0 spiro atoms. The van der Waals surface area contributed by atoms with Crippen LogP contribution < -0.4 is 0 Å². The molecule has 2 aromatic rings. The van der Waals surface area contributed by atoms with Crippen LogP contribution in [0.3, 0.4) is 0 Å². The van der Waals surface area contributed by atoms with E-state index in [1.54, 1.807) is 6.07 Å². The van der Waals surface area contributed by atoms with Gasteiger partial charge in [-0.2, -0.15) is 0 Å². The van der Waals surface area contributed by atoms with Crippen molar-refractivity contribution in [3.63, 3.8) is 0 Å². The topological polar surface area (TPSA) is 20.2 Å². The zero-order chi connectivity index (χ0) is 16.3. The largest absolute Gasteiger partial charge is 0.508 e. The van der Waals surface area contributed by atoms with Crippen LogP contribution >= 0.6 is 37.2 Å². The number of phenols is 1. The molecule has 3 rings (SSSR count). The van der Waals surface area contributed by atoms with Crippen LogP contribution in [0, 0.1) is 0 Å². The van der Waals surface area contributed by atoms with E-state index in [1.807, 2.05) is 39.8 Å². The monoisotopic (exact) mass is 510 g/mol. The molecule has 0 saturated carbocycles. The molecule has 0 saturated heterocycles. The van der Waals surface area contributed by atoms with Crippen molar-refractivity contribution in [2.75, 3.05) is 0 Å². The molecule has 0 fully saturated rings. The summed E-state index contributed by atoms with van der Waals surface area (Å²) in [4.78, 5) is 0. The van der Waals surface area contributed by atoms with Gasteiger partial charge >= 0.3 is 0 Å². The standard InChI is InChI=1S/C14H12O.2C2H6.I2/c15-12-7-8-14-11(9-12)6-5-10-3-1-2-4-13(10)14;3*1-2/h1-4,7-9,15H,5-6H2;2*1-2H3;. The quantitative estimate of drug-likeness (QED) is 0.380. The number of halogens is 2. The molecule has 21 heavy (non-hydrogen) atoms. The van der Waals surface area contributed by atoms with Gasteiger partial charge in [0.2, 0.25) is 0 Å². The lowest BCUT2D eigenvalue weighted by Gasteiger charge is -2.19. The van der Waals surface area contributed by atoms with Gasteiger partial charge in [0.05, 0.1) is 0 Å². The van der Waals surface area contributed by atoms with Gasteiger partial charge in [0.1, 0.15) is 5.75 Å². The maximum Gasteiger partial charge on any atom is 0.115 e. The Morgan fingerprint density at radius 3 is 1.95 bits per heavy atom. The van der Waals surface area contributed by atoms with E-state index in [-0.39, 0.29) is 0 Å². The van der Waals surface area contributed by atoms with Gasteiger partial charge in [0.15, 0.2) is 0 Å². The third-order valence-corrected chi connectivity index (χ3v) is 3.06. The molecule has 0 bridgehead atoms. The number of rotatable bonds is 0. The van der Waals surface area contributed by atoms with Crippen LogP contribution in [0.15, 0.2) is 42.5 Å². The minimum absolute atomic E-state index is 0.369. The lowest BCUT2D eigenvalue weighted by atomic mass is 9.86. The molecule has 1 nitrogen and oxygen atoms in total. The minimum atomic E-state index is 0.369. The number of hydrogen-bond donors (Lipinski definition) is 1. The number of benzene rings is 2. The number of hydrogen-bond acceptors (Lipinski definition) is 1. The summed E-state index contributed by atoms with van der Waals surface area (Å²) in [6.45, 7) is 8.00. The molecule has 0 amide bonds. The Kier molecular flexibility index (Phi) is 12.1. The zero-order valence-electron chi connectivity index (χ0n) is 13.2. The van der Waals surface area contributed by atoms with Crippen molar-refractivity contribution in [2.45, 2.75) is 40.5 Å². The summed E-state index contributed by atoms with van der Waals surface area (Å²) in [6, 6.07) is 14.2. The third kappa shape index (κ3) is 5.77. The second kappa shape index (κ2) is 12.3. The highest BCUT2D eigenvalue weighted by molar-refractivity contribution is 15.0. The molecule has 0 atom stereocenters. The number of phenolic OH excluding ortho intramolecular Hbond substituents is 1. The van der Waals surface area contributed by atoms with Crippen LogP contribution in [0.5, 0.6) is 5.75 Å². The Morgan fingerprint density at radius 2 is 1.29 bits per heavy atom. The van der Waals surface area contributed by atoms with Crippen molar-refractivity contribution in [3.8, 4) is 16.9 Å². The Hall–Kier alpha value is -0.300. The summed E-state index contributed by atoms with van der Waals surface area (Å²) in [5.74, 6) is 0.369. The van der Waals surface area contributed by atoms with Crippen LogP contribution in [-0.4, -0.2) is 5.11 Å². The molecule has 1 aliphatic rings. The number of aromatic hydroxyl groups is 1. The normalized spacial score (nSPS) is 10.2. The first-order valence-electron chi connectivity index (χ1n) is 7.39. The molecule has 3 heteroatoms. The molecule has 0 radical (unpaired) electrons. The first-order chi connectivity index (χ1) is 10.3. The van der Waals surface area contributed by atoms with Crippen LogP contribution in [0.2, 0.25) is 0 Å². The van der Waals surface area contributed by atoms with Crippen molar-refractivity contribution < 1.29 is 5.11 Å². The summed E-state index contributed by atoms with van der Waals surface area (Å²) < 4.78 is 0. The highest BCUT2D eigenvalue weighted by Gasteiger charge is 2.15. The van der Waals surface area contributed by atoms with E-state index in [0.717, 1.165) is 12.8 Å². The fourth-order valence-electron chi connectivity index (χ4n) is 2.32. The molecular formula is C18H24I2O. The predicted molar refractivity (Wildman–Crippen MR) is 112 cm³/mol. The maximum atomic E-state index is 9.44. The molecule has 0 unspecified atom stereocenters. The Labute approximate surface area is 152 Å². The highest BCUT2D eigenvalue weighted by Crippen LogP contribution is 2.34. The lowest BCUT2D eigenvalue weighted by Crippen LogP contribution is -2.03. The Morgan fingerprint density at radius 1 is 0.762 bits per heavy atom. The Balaban J connectivity index is 0.000000598. The van der Waals surface area contributed by atoms with Crippen molar-refractivity contribution >= 4 is 37.2 Å². The van der Waals surface area contributed by atoms with Gasteiger partial charge in [0.25, 0.3) is 0 Å². The second-order valence-electron chi connectivity index (χ2n) is 4.00. The van der Waals surface area contributed by atoms with E-state index in [2.05, 4.69) is 61.5 Å². The molecule has 116 valence electrons. The van der Waals surface area contributed by atoms with E-state index in [4.69, 9.17) is 0 Å². The van der Waals surface area contributed by atoms with Gasteiger partial charge in [-0.1, -0.05) is 58.0 Å². The number of fused-ring (bicyclic) bond motifs is 3. The van der Waals surface area contributed by atoms with E-state index >= 15 is 0 Å². The average Bonchev–Trinajstić information content (AvgIpc) is 2.60. The van der Waals surface area contributed by atoms with Crippen LogP contribution in [-0.2, 0) is 12.8 Å². The molecule has 1 N–H and O–H groups in total. The van der Waals surface area contributed by atoms with E-state index in [9.17, 15) is 5.11 Å². The third-order valence-electron chi connectivity index (χ3n) is 3.06. The smallest absolute Gasteiger partial charge is 0.115 e. The fourth-order valence-corrected chi connectivity index (χ4v) is 2.32. The molecular weight excluding hydrogens is 486 g/mol. The van der Waals surface area contributed by atoms with Gasteiger partial charge in [-0.15, -0.1) is 0 Å². The van der Waals surface area contributed by atoms with Gasteiger partial charge < -0.3 is 5.11 Å². The predicted octanol–water partition coefficient (Wildman–Crippen LogP) is 6.98. The average molecular weight is 510 g/mol. The van der Waals surface area contributed by atoms with E-state index in [0.29, 0.717) is 5.75 Å².